The first-order valence-electron chi connectivity index (χ1n) is 7.80. The van der Waals surface area contributed by atoms with Crippen LogP contribution in [0.2, 0.25) is 0 Å². The Morgan fingerprint density at radius 2 is 2.00 bits per heavy atom. The van der Waals surface area contributed by atoms with Crippen molar-refractivity contribution in [2.24, 2.45) is 0 Å². The maximum atomic E-state index is 12.6. The number of hydrogen-bond donors (Lipinski definition) is 0. The molecule has 0 N–H and O–H groups in total. The molecular formula is C19H20N2O2. The van der Waals surface area contributed by atoms with Crippen LogP contribution < -0.4 is 0 Å². The second-order valence-electron chi connectivity index (χ2n) is 5.77. The van der Waals surface area contributed by atoms with E-state index < -0.39 is 0 Å². The topological polar surface area (TPSA) is 46.3 Å². The molecular weight excluding hydrogens is 288 g/mol. The van der Waals surface area contributed by atoms with Crippen molar-refractivity contribution in [2.75, 3.05) is 7.05 Å². The Morgan fingerprint density at radius 1 is 1.17 bits per heavy atom. The van der Waals surface area contributed by atoms with E-state index in [0.717, 1.165) is 29.5 Å². The Morgan fingerprint density at radius 3 is 2.78 bits per heavy atom. The minimum Gasteiger partial charge on any atom is -0.469 e. The molecule has 1 aromatic carbocycles. The van der Waals surface area contributed by atoms with E-state index in [1.165, 1.54) is 0 Å². The predicted octanol–water partition coefficient (Wildman–Crippen LogP) is 3.92. The number of carbonyl (C=O) groups is 1. The van der Waals surface area contributed by atoms with Gasteiger partial charge in [-0.2, -0.15) is 0 Å². The molecule has 0 aliphatic carbocycles. The average molecular weight is 308 g/mol. The lowest BCUT2D eigenvalue weighted by Crippen LogP contribution is -2.35. The Balaban J connectivity index is 1.69. The molecule has 1 amide bonds. The Kier molecular flexibility index (Phi) is 4.42. The number of para-hydroxylation sites is 1. The largest absolute Gasteiger partial charge is 0.469 e. The van der Waals surface area contributed by atoms with Crippen LogP contribution in [0.4, 0.5) is 0 Å². The SMILES string of the molecule is CC(CCc1ccco1)N(C)C(=O)c1ccc2ccccc2n1. The van der Waals surface area contributed by atoms with Gasteiger partial charge in [-0.05, 0) is 37.6 Å². The zero-order valence-electron chi connectivity index (χ0n) is 13.4. The standard InChI is InChI=1S/C19H20N2O2/c1-14(9-11-16-7-5-13-23-16)21(2)19(22)18-12-10-15-6-3-4-8-17(15)20-18/h3-8,10,12-14H,9,11H2,1-2H3. The summed E-state index contributed by atoms with van der Waals surface area (Å²) in [6, 6.07) is 15.5. The highest BCUT2D eigenvalue weighted by atomic mass is 16.3. The minimum absolute atomic E-state index is 0.0531. The van der Waals surface area contributed by atoms with Crippen molar-refractivity contribution in [2.45, 2.75) is 25.8 Å². The highest BCUT2D eigenvalue weighted by Gasteiger charge is 2.19. The van der Waals surface area contributed by atoms with Crippen LogP contribution in [0.3, 0.4) is 0 Å². The molecule has 0 aliphatic rings. The third-order valence-corrected chi connectivity index (χ3v) is 4.19. The maximum Gasteiger partial charge on any atom is 0.272 e. The van der Waals surface area contributed by atoms with Gasteiger partial charge < -0.3 is 9.32 Å². The van der Waals surface area contributed by atoms with Gasteiger partial charge in [0, 0.05) is 24.9 Å². The van der Waals surface area contributed by atoms with Crippen LogP contribution in [0, 0.1) is 0 Å². The predicted molar refractivity (Wildman–Crippen MR) is 90.3 cm³/mol. The molecule has 0 bridgehead atoms. The normalized spacial score (nSPS) is 12.3. The molecule has 23 heavy (non-hydrogen) atoms. The molecule has 2 heterocycles. The molecule has 4 nitrogen and oxygen atoms in total. The fourth-order valence-corrected chi connectivity index (χ4v) is 2.57. The van der Waals surface area contributed by atoms with Gasteiger partial charge in [0.15, 0.2) is 0 Å². The van der Waals surface area contributed by atoms with Gasteiger partial charge in [-0.15, -0.1) is 0 Å². The number of hydrogen-bond acceptors (Lipinski definition) is 3. The number of aryl methyl sites for hydroxylation is 1. The average Bonchev–Trinajstić information content (AvgIpc) is 3.11. The zero-order chi connectivity index (χ0) is 16.2. The van der Waals surface area contributed by atoms with E-state index in [0.29, 0.717) is 5.69 Å². The smallest absolute Gasteiger partial charge is 0.272 e. The quantitative estimate of drug-likeness (QED) is 0.717. The van der Waals surface area contributed by atoms with Gasteiger partial charge >= 0.3 is 0 Å². The van der Waals surface area contributed by atoms with Crippen LogP contribution in [-0.2, 0) is 6.42 Å². The second kappa shape index (κ2) is 6.65. The van der Waals surface area contributed by atoms with Gasteiger partial charge in [0.1, 0.15) is 11.5 Å². The van der Waals surface area contributed by atoms with Crippen molar-refractivity contribution in [1.29, 1.82) is 0 Å². The molecule has 118 valence electrons. The molecule has 3 rings (SSSR count). The van der Waals surface area contributed by atoms with Gasteiger partial charge in [0.2, 0.25) is 0 Å². The lowest BCUT2D eigenvalue weighted by Gasteiger charge is -2.24. The Labute approximate surface area is 135 Å². The van der Waals surface area contributed by atoms with Crippen LogP contribution in [-0.4, -0.2) is 28.9 Å². The summed E-state index contributed by atoms with van der Waals surface area (Å²) in [5.74, 6) is 0.893. The van der Waals surface area contributed by atoms with Gasteiger partial charge in [-0.25, -0.2) is 4.98 Å². The molecule has 1 unspecified atom stereocenters. The summed E-state index contributed by atoms with van der Waals surface area (Å²) >= 11 is 0. The van der Waals surface area contributed by atoms with E-state index in [1.54, 1.807) is 17.2 Å². The summed E-state index contributed by atoms with van der Waals surface area (Å²) < 4.78 is 5.34. The summed E-state index contributed by atoms with van der Waals surface area (Å²) in [4.78, 5) is 18.9. The van der Waals surface area contributed by atoms with Gasteiger partial charge in [-0.3, -0.25) is 4.79 Å². The number of fused-ring (bicyclic) bond motifs is 1. The van der Waals surface area contributed by atoms with Gasteiger partial charge in [0.05, 0.1) is 11.8 Å². The number of aromatic nitrogens is 1. The van der Waals surface area contributed by atoms with E-state index in [2.05, 4.69) is 4.98 Å². The van der Waals surface area contributed by atoms with Crippen LogP contribution in [0.25, 0.3) is 10.9 Å². The van der Waals surface area contributed by atoms with Crippen molar-refractivity contribution >= 4 is 16.8 Å². The zero-order valence-corrected chi connectivity index (χ0v) is 13.4. The number of furan rings is 1. The molecule has 1 atom stereocenters. The van der Waals surface area contributed by atoms with Crippen molar-refractivity contribution in [3.8, 4) is 0 Å². The molecule has 0 radical (unpaired) electrons. The van der Waals surface area contributed by atoms with Gasteiger partial charge in [-0.1, -0.05) is 24.3 Å². The summed E-state index contributed by atoms with van der Waals surface area (Å²) in [5.41, 5.74) is 1.33. The van der Waals surface area contributed by atoms with Crippen molar-refractivity contribution in [1.82, 2.24) is 9.88 Å². The van der Waals surface area contributed by atoms with Gasteiger partial charge in [0.25, 0.3) is 5.91 Å². The molecule has 0 fully saturated rings. The molecule has 0 saturated carbocycles. The van der Waals surface area contributed by atoms with Crippen molar-refractivity contribution < 1.29 is 9.21 Å². The second-order valence-corrected chi connectivity index (χ2v) is 5.77. The van der Waals surface area contributed by atoms with E-state index in [1.807, 2.05) is 56.4 Å². The molecule has 0 spiro atoms. The summed E-state index contributed by atoms with van der Waals surface area (Å²) in [5, 5.41) is 1.04. The highest BCUT2D eigenvalue weighted by Crippen LogP contribution is 2.15. The third kappa shape index (κ3) is 3.42. The fraction of sp³-hybridized carbons (Fsp3) is 0.263. The van der Waals surface area contributed by atoms with E-state index >= 15 is 0 Å². The number of carbonyl (C=O) groups excluding carboxylic acids is 1. The maximum absolute atomic E-state index is 12.6. The molecule has 4 heteroatoms. The molecule has 0 saturated heterocycles. The van der Waals surface area contributed by atoms with E-state index in [9.17, 15) is 4.79 Å². The monoisotopic (exact) mass is 308 g/mol. The van der Waals surface area contributed by atoms with Crippen LogP contribution in [0.5, 0.6) is 0 Å². The molecule has 3 aromatic rings. The van der Waals surface area contributed by atoms with Crippen LogP contribution in [0.15, 0.2) is 59.2 Å². The van der Waals surface area contributed by atoms with Crippen molar-refractivity contribution in [3.63, 3.8) is 0 Å². The summed E-state index contributed by atoms with van der Waals surface area (Å²) in [6.07, 6.45) is 3.34. The number of amides is 1. The number of pyridine rings is 1. The van der Waals surface area contributed by atoms with Crippen molar-refractivity contribution in [3.05, 3.63) is 66.2 Å². The minimum atomic E-state index is -0.0531. The van der Waals surface area contributed by atoms with E-state index in [-0.39, 0.29) is 11.9 Å². The first-order valence-corrected chi connectivity index (χ1v) is 7.80. The summed E-state index contributed by atoms with van der Waals surface area (Å²) in [7, 11) is 1.83. The first kappa shape index (κ1) is 15.3. The number of benzene rings is 1. The number of rotatable bonds is 5. The highest BCUT2D eigenvalue weighted by molar-refractivity contribution is 5.94. The number of nitrogens with zero attached hydrogens (tertiary/aromatic N) is 2. The lowest BCUT2D eigenvalue weighted by atomic mass is 10.1. The Hall–Kier alpha value is -2.62. The first-order chi connectivity index (χ1) is 11.1. The van der Waals surface area contributed by atoms with Crippen LogP contribution in [0.1, 0.15) is 29.6 Å². The molecule has 0 aliphatic heterocycles. The van der Waals surface area contributed by atoms with Crippen LogP contribution >= 0.6 is 0 Å². The summed E-state index contributed by atoms with van der Waals surface area (Å²) in [6.45, 7) is 2.04. The fourth-order valence-electron chi connectivity index (χ4n) is 2.57. The Bertz CT molecular complexity index is 796. The molecule has 2 aromatic heterocycles. The lowest BCUT2D eigenvalue weighted by molar-refractivity contribution is 0.0731. The van der Waals surface area contributed by atoms with E-state index in [4.69, 9.17) is 4.42 Å². The third-order valence-electron chi connectivity index (χ3n) is 4.19.